The van der Waals surface area contributed by atoms with Gasteiger partial charge in [0.25, 0.3) is 0 Å². The van der Waals surface area contributed by atoms with Gasteiger partial charge in [0, 0.05) is 31.2 Å². The van der Waals surface area contributed by atoms with Gasteiger partial charge in [0.05, 0.1) is 22.2 Å². The summed E-state index contributed by atoms with van der Waals surface area (Å²) in [6, 6.07) is 13.3. The lowest BCUT2D eigenvalue weighted by Gasteiger charge is -2.34. The Hall–Kier alpha value is -1.80. The van der Waals surface area contributed by atoms with Crippen LogP contribution in [-0.2, 0) is 14.8 Å². The van der Waals surface area contributed by atoms with Gasteiger partial charge in [0.2, 0.25) is 15.9 Å². The van der Waals surface area contributed by atoms with Crippen LogP contribution in [0.5, 0.6) is 0 Å². The summed E-state index contributed by atoms with van der Waals surface area (Å²) in [4.78, 5) is 14.3. The van der Waals surface area contributed by atoms with E-state index >= 15 is 0 Å². The summed E-state index contributed by atoms with van der Waals surface area (Å²) >= 11 is 12.0. The van der Waals surface area contributed by atoms with Crippen molar-refractivity contribution in [2.45, 2.75) is 4.90 Å². The molecule has 1 saturated heterocycles. The molecule has 0 saturated carbocycles. The predicted octanol–water partition coefficient (Wildman–Crippen LogP) is 2.94. The summed E-state index contributed by atoms with van der Waals surface area (Å²) in [6.45, 7) is 1.28. The van der Waals surface area contributed by atoms with E-state index in [1.807, 2.05) is 0 Å². The van der Waals surface area contributed by atoms with Gasteiger partial charge < -0.3 is 10.2 Å². The molecule has 1 aliphatic rings. The third kappa shape index (κ3) is 4.73. The van der Waals surface area contributed by atoms with Gasteiger partial charge in [-0.1, -0.05) is 41.4 Å². The summed E-state index contributed by atoms with van der Waals surface area (Å²) in [7, 11) is -3.53. The van der Waals surface area contributed by atoms with Crippen LogP contribution in [0, 0.1) is 0 Å². The molecule has 1 aliphatic heterocycles. The second-order valence-corrected chi connectivity index (χ2v) is 8.86. The normalized spacial score (nSPS) is 15.6. The Balaban J connectivity index is 1.56. The van der Waals surface area contributed by atoms with Gasteiger partial charge >= 0.3 is 0 Å². The van der Waals surface area contributed by atoms with Crippen molar-refractivity contribution in [1.82, 2.24) is 9.21 Å². The fraction of sp³-hybridized carbons (Fsp3) is 0.278. The van der Waals surface area contributed by atoms with Crippen molar-refractivity contribution in [3.05, 3.63) is 58.6 Å². The number of piperazine rings is 1. The van der Waals surface area contributed by atoms with Crippen LogP contribution >= 0.6 is 23.2 Å². The van der Waals surface area contributed by atoms with Crippen LogP contribution in [0.25, 0.3) is 0 Å². The largest absolute Gasteiger partial charge is 0.375 e. The summed E-state index contributed by atoms with van der Waals surface area (Å²) in [5, 5.41) is 3.98. The molecule has 0 radical (unpaired) electrons. The van der Waals surface area contributed by atoms with Crippen molar-refractivity contribution in [2.24, 2.45) is 0 Å². The Morgan fingerprint density at radius 3 is 2.33 bits per heavy atom. The van der Waals surface area contributed by atoms with E-state index in [1.165, 1.54) is 4.31 Å². The zero-order chi connectivity index (χ0) is 19.4. The number of rotatable bonds is 5. The number of carbonyl (C=O) groups excluding carboxylic acids is 1. The molecule has 2 aromatic rings. The zero-order valence-corrected chi connectivity index (χ0v) is 16.8. The summed E-state index contributed by atoms with van der Waals surface area (Å²) < 4.78 is 26.7. The van der Waals surface area contributed by atoms with Gasteiger partial charge in [-0.25, -0.2) is 8.42 Å². The van der Waals surface area contributed by atoms with Gasteiger partial charge in [0.1, 0.15) is 0 Å². The lowest BCUT2D eigenvalue weighted by Crippen LogP contribution is -2.51. The second kappa shape index (κ2) is 8.48. The molecule has 2 aromatic carbocycles. The number of anilines is 1. The fourth-order valence-electron chi connectivity index (χ4n) is 2.84. The highest BCUT2D eigenvalue weighted by atomic mass is 35.5. The number of hydrogen-bond acceptors (Lipinski definition) is 4. The molecular formula is C18H19Cl2N3O3S. The second-order valence-electron chi connectivity index (χ2n) is 6.08. The minimum absolute atomic E-state index is 0.0610. The number of carbonyl (C=O) groups is 1. The third-order valence-corrected chi connectivity index (χ3v) is 6.81. The highest BCUT2D eigenvalue weighted by Crippen LogP contribution is 2.25. The van der Waals surface area contributed by atoms with E-state index in [0.717, 1.165) is 0 Å². The van der Waals surface area contributed by atoms with E-state index in [-0.39, 0.29) is 30.4 Å². The van der Waals surface area contributed by atoms with Crippen LogP contribution in [0.2, 0.25) is 10.0 Å². The van der Waals surface area contributed by atoms with Gasteiger partial charge in [-0.05, 0) is 30.3 Å². The van der Waals surface area contributed by atoms with Crippen LogP contribution in [0.1, 0.15) is 0 Å². The van der Waals surface area contributed by atoms with Gasteiger partial charge in [0.15, 0.2) is 0 Å². The first-order chi connectivity index (χ1) is 12.9. The lowest BCUT2D eigenvalue weighted by molar-refractivity contribution is -0.130. The molecule has 144 valence electrons. The Kier molecular flexibility index (Phi) is 6.26. The number of sulfonamides is 1. The average Bonchev–Trinajstić information content (AvgIpc) is 2.69. The molecule has 0 atom stereocenters. The molecule has 1 N–H and O–H groups in total. The molecule has 0 spiro atoms. The smallest absolute Gasteiger partial charge is 0.243 e. The van der Waals surface area contributed by atoms with Crippen molar-refractivity contribution in [3.8, 4) is 0 Å². The molecule has 6 nitrogen and oxygen atoms in total. The van der Waals surface area contributed by atoms with Crippen molar-refractivity contribution in [2.75, 3.05) is 38.0 Å². The minimum Gasteiger partial charge on any atom is -0.375 e. The van der Waals surface area contributed by atoms with Crippen LogP contribution in [0.4, 0.5) is 5.69 Å². The number of hydrogen-bond donors (Lipinski definition) is 1. The first kappa shape index (κ1) is 19.9. The molecule has 0 aromatic heterocycles. The molecule has 27 heavy (non-hydrogen) atoms. The molecule has 3 rings (SSSR count). The Bertz CT molecular complexity index is 915. The maximum atomic E-state index is 12.6. The summed E-state index contributed by atoms with van der Waals surface area (Å²) in [5.74, 6) is -0.122. The molecule has 1 heterocycles. The number of amides is 1. The molecule has 1 fully saturated rings. The van der Waals surface area contributed by atoms with Crippen LogP contribution in [0.15, 0.2) is 53.4 Å². The SMILES string of the molecule is O=C(CNc1cc(Cl)ccc1Cl)N1CCN(S(=O)(=O)c2ccccc2)CC1. The predicted molar refractivity (Wildman–Crippen MR) is 107 cm³/mol. The van der Waals surface area contributed by atoms with E-state index in [4.69, 9.17) is 23.2 Å². The maximum absolute atomic E-state index is 12.6. The quantitative estimate of drug-likeness (QED) is 0.795. The zero-order valence-electron chi connectivity index (χ0n) is 14.4. The first-order valence-corrected chi connectivity index (χ1v) is 10.6. The molecular weight excluding hydrogens is 409 g/mol. The monoisotopic (exact) mass is 427 g/mol. The van der Waals surface area contributed by atoms with Crippen molar-refractivity contribution in [1.29, 1.82) is 0 Å². The van der Waals surface area contributed by atoms with Gasteiger partial charge in [-0.15, -0.1) is 0 Å². The lowest BCUT2D eigenvalue weighted by atomic mass is 10.3. The average molecular weight is 428 g/mol. The Morgan fingerprint density at radius 1 is 1.00 bits per heavy atom. The fourth-order valence-corrected chi connectivity index (χ4v) is 4.63. The number of benzene rings is 2. The molecule has 0 aliphatic carbocycles. The van der Waals surface area contributed by atoms with Crippen LogP contribution in [-0.4, -0.2) is 56.3 Å². The molecule has 9 heteroatoms. The number of halogens is 2. The first-order valence-electron chi connectivity index (χ1n) is 8.40. The van der Waals surface area contributed by atoms with Crippen molar-refractivity contribution in [3.63, 3.8) is 0 Å². The van der Waals surface area contributed by atoms with Crippen LogP contribution in [0.3, 0.4) is 0 Å². The summed E-state index contributed by atoms with van der Waals surface area (Å²) in [6.07, 6.45) is 0. The van der Waals surface area contributed by atoms with E-state index in [2.05, 4.69) is 5.32 Å². The Morgan fingerprint density at radius 2 is 1.67 bits per heavy atom. The van der Waals surface area contributed by atoms with Crippen molar-refractivity contribution < 1.29 is 13.2 Å². The standard InChI is InChI=1S/C18H19Cl2N3O3S/c19-14-6-7-16(20)17(12-14)21-13-18(24)22-8-10-23(11-9-22)27(25,26)15-4-2-1-3-5-15/h1-7,12,21H,8-11,13H2. The summed E-state index contributed by atoms with van der Waals surface area (Å²) in [5.41, 5.74) is 0.586. The van der Waals surface area contributed by atoms with Gasteiger partial charge in [-0.3, -0.25) is 4.79 Å². The third-order valence-electron chi connectivity index (χ3n) is 4.33. The van der Waals surface area contributed by atoms with Crippen LogP contribution < -0.4 is 5.32 Å². The van der Waals surface area contributed by atoms with E-state index < -0.39 is 10.0 Å². The van der Waals surface area contributed by atoms with E-state index in [9.17, 15) is 13.2 Å². The molecule has 0 bridgehead atoms. The number of nitrogens with zero attached hydrogens (tertiary/aromatic N) is 2. The van der Waals surface area contributed by atoms with E-state index in [1.54, 1.807) is 53.4 Å². The molecule has 1 amide bonds. The highest BCUT2D eigenvalue weighted by molar-refractivity contribution is 7.89. The highest BCUT2D eigenvalue weighted by Gasteiger charge is 2.29. The Labute approximate surface area is 168 Å². The molecule has 0 unspecified atom stereocenters. The topological polar surface area (TPSA) is 69.7 Å². The maximum Gasteiger partial charge on any atom is 0.243 e. The van der Waals surface area contributed by atoms with E-state index in [0.29, 0.717) is 28.8 Å². The van der Waals surface area contributed by atoms with Crippen molar-refractivity contribution >= 4 is 44.8 Å². The minimum atomic E-state index is -3.53. The number of nitrogens with one attached hydrogen (secondary N) is 1. The van der Waals surface area contributed by atoms with Gasteiger partial charge in [-0.2, -0.15) is 4.31 Å².